The first kappa shape index (κ1) is 11.8. The van der Waals surface area contributed by atoms with E-state index in [4.69, 9.17) is 0 Å². The van der Waals surface area contributed by atoms with Gasteiger partial charge >= 0.3 is 6.18 Å². The molecule has 0 unspecified atom stereocenters. The molecule has 1 aromatic carbocycles. The zero-order valence-electron chi connectivity index (χ0n) is 9.04. The van der Waals surface area contributed by atoms with Gasteiger partial charge < -0.3 is 0 Å². The number of para-hydroxylation sites is 1. The summed E-state index contributed by atoms with van der Waals surface area (Å²) >= 11 is 0. The Morgan fingerprint density at radius 2 is 1.88 bits per heavy atom. The largest absolute Gasteiger partial charge is 0.389 e. The van der Waals surface area contributed by atoms with E-state index < -0.39 is 12.6 Å². The van der Waals surface area contributed by atoms with Gasteiger partial charge in [0.15, 0.2) is 0 Å². The molecule has 0 atom stereocenters. The number of halogens is 3. The van der Waals surface area contributed by atoms with Crippen molar-refractivity contribution in [2.24, 2.45) is 0 Å². The molecule has 0 amide bonds. The molecule has 0 aliphatic carbocycles. The SMILES string of the molecule is FC(F)(F)CCCc1ncc2ccccc2n1. The summed E-state index contributed by atoms with van der Waals surface area (Å²) < 4.78 is 35.9. The molecule has 0 saturated heterocycles. The number of hydrogen-bond acceptors (Lipinski definition) is 2. The summed E-state index contributed by atoms with van der Waals surface area (Å²) in [5, 5.41) is 0.895. The van der Waals surface area contributed by atoms with E-state index in [1.807, 2.05) is 24.3 Å². The van der Waals surface area contributed by atoms with Crippen molar-refractivity contribution in [1.29, 1.82) is 0 Å². The third-order valence-corrected chi connectivity index (χ3v) is 2.40. The summed E-state index contributed by atoms with van der Waals surface area (Å²) in [7, 11) is 0. The van der Waals surface area contributed by atoms with Crippen LogP contribution >= 0.6 is 0 Å². The zero-order valence-corrected chi connectivity index (χ0v) is 9.04. The molecule has 5 heteroatoms. The summed E-state index contributed by atoms with van der Waals surface area (Å²) in [6, 6.07) is 7.41. The second-order valence-electron chi connectivity index (χ2n) is 3.81. The van der Waals surface area contributed by atoms with Gasteiger partial charge in [-0.05, 0) is 12.5 Å². The molecular formula is C12H11F3N2. The molecule has 1 aromatic heterocycles. The predicted molar refractivity (Wildman–Crippen MR) is 58.5 cm³/mol. The molecule has 0 saturated carbocycles. The zero-order chi connectivity index (χ0) is 12.3. The first-order valence-electron chi connectivity index (χ1n) is 5.32. The maximum Gasteiger partial charge on any atom is 0.389 e. The number of benzene rings is 1. The average molecular weight is 240 g/mol. The van der Waals surface area contributed by atoms with E-state index in [-0.39, 0.29) is 12.8 Å². The van der Waals surface area contributed by atoms with Crippen molar-refractivity contribution < 1.29 is 13.2 Å². The summed E-state index contributed by atoms with van der Waals surface area (Å²) in [6.07, 6.45) is -2.96. The van der Waals surface area contributed by atoms with Gasteiger partial charge in [-0.15, -0.1) is 0 Å². The minimum absolute atomic E-state index is 0.0296. The molecule has 2 rings (SSSR count). The average Bonchev–Trinajstić information content (AvgIpc) is 2.27. The van der Waals surface area contributed by atoms with Gasteiger partial charge in [0.25, 0.3) is 0 Å². The van der Waals surface area contributed by atoms with Crippen molar-refractivity contribution >= 4 is 10.9 Å². The molecule has 90 valence electrons. The molecule has 1 heterocycles. The standard InChI is InChI=1S/C12H11F3N2/c13-12(14,15)7-3-6-11-16-8-9-4-1-2-5-10(9)17-11/h1-2,4-5,8H,3,6-7H2. The Balaban J connectivity index is 2.04. The van der Waals surface area contributed by atoms with Gasteiger partial charge in [0.2, 0.25) is 0 Å². The van der Waals surface area contributed by atoms with Crippen molar-refractivity contribution in [1.82, 2.24) is 9.97 Å². The molecule has 0 fully saturated rings. The number of aryl methyl sites for hydroxylation is 1. The van der Waals surface area contributed by atoms with Crippen LogP contribution in [0.2, 0.25) is 0 Å². The highest BCUT2D eigenvalue weighted by Crippen LogP contribution is 2.22. The fraction of sp³-hybridized carbons (Fsp3) is 0.333. The molecule has 0 bridgehead atoms. The van der Waals surface area contributed by atoms with E-state index >= 15 is 0 Å². The number of hydrogen-bond donors (Lipinski definition) is 0. The van der Waals surface area contributed by atoms with Gasteiger partial charge in [0.05, 0.1) is 5.52 Å². The van der Waals surface area contributed by atoms with Crippen LogP contribution in [0, 0.1) is 0 Å². The van der Waals surface area contributed by atoms with E-state index in [9.17, 15) is 13.2 Å². The Morgan fingerprint density at radius 1 is 1.12 bits per heavy atom. The lowest BCUT2D eigenvalue weighted by Crippen LogP contribution is -2.08. The van der Waals surface area contributed by atoms with Crippen molar-refractivity contribution in [2.75, 3.05) is 0 Å². The molecule has 2 aromatic rings. The Hall–Kier alpha value is -1.65. The van der Waals surface area contributed by atoms with Crippen LogP contribution in [0.25, 0.3) is 10.9 Å². The van der Waals surface area contributed by atoms with Crippen molar-refractivity contribution in [2.45, 2.75) is 25.4 Å². The van der Waals surface area contributed by atoms with Crippen molar-refractivity contribution in [3.05, 3.63) is 36.3 Å². The summed E-state index contributed by atoms with van der Waals surface area (Å²) in [5.41, 5.74) is 0.768. The van der Waals surface area contributed by atoms with Gasteiger partial charge in [-0.3, -0.25) is 0 Å². The number of alkyl halides is 3. The van der Waals surface area contributed by atoms with Crippen LogP contribution in [0.15, 0.2) is 30.5 Å². The first-order valence-corrected chi connectivity index (χ1v) is 5.32. The van der Waals surface area contributed by atoms with Crippen molar-refractivity contribution in [3.8, 4) is 0 Å². The van der Waals surface area contributed by atoms with Crippen LogP contribution in [0.5, 0.6) is 0 Å². The molecule has 0 spiro atoms. The fourth-order valence-electron chi connectivity index (χ4n) is 1.58. The second kappa shape index (κ2) is 4.69. The lowest BCUT2D eigenvalue weighted by atomic mass is 10.2. The van der Waals surface area contributed by atoms with E-state index in [1.54, 1.807) is 6.20 Å². The lowest BCUT2D eigenvalue weighted by Gasteiger charge is -2.05. The number of aromatic nitrogens is 2. The smallest absolute Gasteiger partial charge is 0.241 e. The number of fused-ring (bicyclic) bond motifs is 1. The fourth-order valence-corrected chi connectivity index (χ4v) is 1.58. The van der Waals surface area contributed by atoms with Gasteiger partial charge in [-0.1, -0.05) is 18.2 Å². The molecule has 0 radical (unpaired) electrons. The normalized spacial score (nSPS) is 11.9. The van der Waals surface area contributed by atoms with Crippen LogP contribution in [-0.4, -0.2) is 16.1 Å². The summed E-state index contributed by atoms with van der Waals surface area (Å²) in [6.45, 7) is 0. The third-order valence-electron chi connectivity index (χ3n) is 2.40. The number of rotatable bonds is 3. The van der Waals surface area contributed by atoms with Crippen LogP contribution in [-0.2, 0) is 6.42 Å². The van der Waals surface area contributed by atoms with Gasteiger partial charge in [0.1, 0.15) is 5.82 Å². The summed E-state index contributed by atoms with van der Waals surface area (Å²) in [4.78, 5) is 8.26. The highest BCUT2D eigenvalue weighted by Gasteiger charge is 2.26. The van der Waals surface area contributed by atoms with Gasteiger partial charge in [-0.2, -0.15) is 13.2 Å². The molecular weight excluding hydrogens is 229 g/mol. The van der Waals surface area contributed by atoms with Crippen molar-refractivity contribution in [3.63, 3.8) is 0 Å². The van der Waals surface area contributed by atoms with Gasteiger partial charge in [-0.25, -0.2) is 9.97 Å². The van der Waals surface area contributed by atoms with E-state index in [0.29, 0.717) is 5.82 Å². The van der Waals surface area contributed by atoms with Crippen LogP contribution < -0.4 is 0 Å². The third kappa shape index (κ3) is 3.41. The molecule has 17 heavy (non-hydrogen) atoms. The molecule has 2 nitrogen and oxygen atoms in total. The highest BCUT2D eigenvalue weighted by molar-refractivity contribution is 5.77. The minimum atomic E-state index is -4.10. The monoisotopic (exact) mass is 240 g/mol. The van der Waals surface area contributed by atoms with E-state index in [1.165, 1.54) is 0 Å². The maximum absolute atomic E-state index is 12.0. The predicted octanol–water partition coefficient (Wildman–Crippen LogP) is 3.51. The molecule has 0 aliphatic rings. The highest BCUT2D eigenvalue weighted by atomic mass is 19.4. The Labute approximate surface area is 96.5 Å². The van der Waals surface area contributed by atoms with Crippen LogP contribution in [0.4, 0.5) is 13.2 Å². The minimum Gasteiger partial charge on any atom is -0.241 e. The van der Waals surface area contributed by atoms with E-state index in [2.05, 4.69) is 9.97 Å². The topological polar surface area (TPSA) is 25.8 Å². The number of nitrogens with zero attached hydrogens (tertiary/aromatic N) is 2. The van der Waals surface area contributed by atoms with Crippen LogP contribution in [0.3, 0.4) is 0 Å². The quantitative estimate of drug-likeness (QED) is 0.820. The molecule has 0 aliphatic heterocycles. The molecule has 0 N–H and O–H groups in total. The van der Waals surface area contributed by atoms with Crippen LogP contribution in [0.1, 0.15) is 18.7 Å². The second-order valence-corrected chi connectivity index (χ2v) is 3.81. The Bertz CT molecular complexity index is 508. The Kier molecular flexibility index (Phi) is 3.26. The summed E-state index contributed by atoms with van der Waals surface area (Å²) in [5.74, 6) is 0.466. The lowest BCUT2D eigenvalue weighted by molar-refractivity contribution is -0.135. The Morgan fingerprint density at radius 3 is 2.65 bits per heavy atom. The van der Waals surface area contributed by atoms with E-state index in [0.717, 1.165) is 10.9 Å². The maximum atomic E-state index is 12.0. The first-order chi connectivity index (χ1) is 8.04. The van der Waals surface area contributed by atoms with Gasteiger partial charge in [0, 0.05) is 24.4 Å².